The molecule has 0 aliphatic heterocycles. The molecule has 0 heterocycles. The van der Waals surface area contributed by atoms with E-state index in [1.165, 1.54) is 12.1 Å². The Hall–Kier alpha value is -1.71. The minimum atomic E-state index is -1.01. The van der Waals surface area contributed by atoms with Crippen molar-refractivity contribution in [3.63, 3.8) is 0 Å². The predicted octanol–water partition coefficient (Wildman–Crippen LogP) is 4.48. The minimum Gasteiger partial charge on any atom is -0.478 e. The van der Waals surface area contributed by atoms with Crippen LogP contribution >= 0.6 is 23.2 Å². The fourth-order valence-corrected chi connectivity index (χ4v) is 1.82. The Kier molecular flexibility index (Phi) is 3.75. The highest BCUT2D eigenvalue weighted by molar-refractivity contribution is 6.35. The van der Waals surface area contributed by atoms with Crippen molar-refractivity contribution in [2.24, 2.45) is 0 Å². The van der Waals surface area contributed by atoms with Crippen molar-refractivity contribution in [3.8, 4) is 11.5 Å². The second-order valence-electron chi connectivity index (χ2n) is 3.51. The largest absolute Gasteiger partial charge is 0.478 e. The van der Waals surface area contributed by atoms with Crippen molar-refractivity contribution in [2.75, 3.05) is 0 Å². The molecule has 0 amide bonds. The third-order valence-electron chi connectivity index (χ3n) is 2.20. The van der Waals surface area contributed by atoms with E-state index in [4.69, 9.17) is 33.0 Å². The number of hydrogen-bond donors (Lipinski definition) is 1. The summed E-state index contributed by atoms with van der Waals surface area (Å²) in [5, 5.41) is 9.74. The highest BCUT2D eigenvalue weighted by Crippen LogP contribution is 2.31. The number of benzene rings is 2. The predicted molar refractivity (Wildman–Crippen MR) is 69.9 cm³/mol. The number of halogens is 2. The van der Waals surface area contributed by atoms with E-state index in [0.29, 0.717) is 21.5 Å². The van der Waals surface area contributed by atoms with Gasteiger partial charge in [0.15, 0.2) is 0 Å². The van der Waals surface area contributed by atoms with Crippen molar-refractivity contribution < 1.29 is 14.6 Å². The van der Waals surface area contributed by atoms with Gasteiger partial charge in [0.25, 0.3) is 0 Å². The van der Waals surface area contributed by atoms with Gasteiger partial charge in [-0.2, -0.15) is 0 Å². The van der Waals surface area contributed by atoms with Crippen LogP contribution in [0.4, 0.5) is 0 Å². The lowest BCUT2D eigenvalue weighted by Gasteiger charge is -2.08. The summed E-state index contributed by atoms with van der Waals surface area (Å²) in [4.78, 5) is 10.8. The number of carboxylic acid groups (broad SMARTS) is 1. The van der Waals surface area contributed by atoms with Crippen LogP contribution in [-0.4, -0.2) is 11.1 Å². The lowest BCUT2D eigenvalue weighted by Crippen LogP contribution is -1.96. The van der Waals surface area contributed by atoms with Gasteiger partial charge in [0.05, 0.1) is 10.6 Å². The molecule has 2 rings (SSSR count). The first-order valence-electron chi connectivity index (χ1n) is 5.02. The van der Waals surface area contributed by atoms with Crippen LogP contribution < -0.4 is 4.74 Å². The zero-order valence-electron chi connectivity index (χ0n) is 9.06. The second-order valence-corrected chi connectivity index (χ2v) is 4.35. The third kappa shape index (κ3) is 2.94. The van der Waals surface area contributed by atoms with E-state index in [2.05, 4.69) is 0 Å². The van der Waals surface area contributed by atoms with Crippen LogP contribution in [0.25, 0.3) is 0 Å². The van der Waals surface area contributed by atoms with Crippen molar-refractivity contribution in [1.29, 1.82) is 0 Å². The van der Waals surface area contributed by atoms with Crippen LogP contribution in [0.2, 0.25) is 10.0 Å². The topological polar surface area (TPSA) is 46.5 Å². The molecule has 5 heteroatoms. The molecule has 0 unspecified atom stereocenters. The standard InChI is InChI=1S/C13H8Cl2O3/c14-9-4-5-12(11(15)7-9)18-10-3-1-2-8(6-10)13(16)17/h1-7H,(H,16,17). The smallest absolute Gasteiger partial charge is 0.335 e. The molecule has 0 spiro atoms. The van der Waals surface area contributed by atoms with E-state index in [9.17, 15) is 4.79 Å². The summed E-state index contributed by atoms with van der Waals surface area (Å²) in [7, 11) is 0. The fourth-order valence-electron chi connectivity index (χ4n) is 1.38. The summed E-state index contributed by atoms with van der Waals surface area (Å²) in [5.41, 5.74) is 0.151. The van der Waals surface area contributed by atoms with Crippen molar-refractivity contribution in [1.82, 2.24) is 0 Å². The highest BCUT2D eigenvalue weighted by Gasteiger charge is 2.07. The van der Waals surface area contributed by atoms with Gasteiger partial charge in [-0.05, 0) is 36.4 Å². The number of hydrogen-bond acceptors (Lipinski definition) is 2. The Morgan fingerprint density at radius 3 is 2.56 bits per heavy atom. The van der Waals surface area contributed by atoms with Crippen molar-refractivity contribution in [3.05, 3.63) is 58.1 Å². The highest BCUT2D eigenvalue weighted by atomic mass is 35.5. The van der Waals surface area contributed by atoms with Crippen LogP contribution in [0.3, 0.4) is 0 Å². The maximum atomic E-state index is 10.8. The van der Waals surface area contributed by atoms with Gasteiger partial charge in [-0.25, -0.2) is 4.79 Å². The molecule has 0 fully saturated rings. The number of carbonyl (C=O) groups is 1. The van der Waals surface area contributed by atoms with Gasteiger partial charge in [0, 0.05) is 5.02 Å². The summed E-state index contributed by atoms with van der Waals surface area (Å²) in [6.07, 6.45) is 0. The first-order chi connectivity index (χ1) is 8.56. The Bertz CT molecular complexity index is 597. The van der Waals surface area contributed by atoms with Crippen LogP contribution in [0.1, 0.15) is 10.4 Å². The Morgan fingerprint density at radius 1 is 1.11 bits per heavy atom. The Morgan fingerprint density at radius 2 is 1.89 bits per heavy atom. The summed E-state index contributed by atoms with van der Waals surface area (Å²) < 4.78 is 5.50. The van der Waals surface area contributed by atoms with Gasteiger partial charge in [0.1, 0.15) is 11.5 Å². The number of carboxylic acids is 1. The fraction of sp³-hybridized carbons (Fsp3) is 0. The zero-order valence-corrected chi connectivity index (χ0v) is 10.6. The van der Waals surface area contributed by atoms with Crippen LogP contribution in [0, 0.1) is 0 Å². The molecular weight excluding hydrogens is 275 g/mol. The number of aromatic carboxylic acids is 1. The monoisotopic (exact) mass is 282 g/mol. The summed E-state index contributed by atoms with van der Waals surface area (Å²) in [5.74, 6) is -0.189. The molecule has 0 aliphatic rings. The van der Waals surface area contributed by atoms with E-state index in [1.807, 2.05) is 0 Å². The van der Waals surface area contributed by atoms with Crippen molar-refractivity contribution in [2.45, 2.75) is 0 Å². The zero-order chi connectivity index (χ0) is 13.1. The first-order valence-corrected chi connectivity index (χ1v) is 5.78. The Balaban J connectivity index is 2.28. The molecule has 0 radical (unpaired) electrons. The van der Waals surface area contributed by atoms with Crippen LogP contribution in [-0.2, 0) is 0 Å². The van der Waals surface area contributed by atoms with Gasteiger partial charge >= 0.3 is 5.97 Å². The molecule has 0 saturated heterocycles. The molecule has 0 aromatic heterocycles. The van der Waals surface area contributed by atoms with Gasteiger partial charge in [0.2, 0.25) is 0 Å². The molecular formula is C13H8Cl2O3. The molecule has 3 nitrogen and oxygen atoms in total. The van der Waals surface area contributed by atoms with E-state index < -0.39 is 5.97 Å². The first kappa shape index (κ1) is 12.7. The number of rotatable bonds is 3. The minimum absolute atomic E-state index is 0.151. The van der Waals surface area contributed by atoms with E-state index in [0.717, 1.165) is 0 Å². The molecule has 1 N–H and O–H groups in total. The molecule has 18 heavy (non-hydrogen) atoms. The van der Waals surface area contributed by atoms with Crippen LogP contribution in [0.15, 0.2) is 42.5 Å². The molecule has 0 aliphatic carbocycles. The van der Waals surface area contributed by atoms with Crippen molar-refractivity contribution >= 4 is 29.2 Å². The second kappa shape index (κ2) is 5.29. The molecule has 92 valence electrons. The quantitative estimate of drug-likeness (QED) is 0.903. The van der Waals surface area contributed by atoms with Gasteiger partial charge in [-0.1, -0.05) is 29.3 Å². The lowest BCUT2D eigenvalue weighted by molar-refractivity contribution is 0.0696. The van der Waals surface area contributed by atoms with E-state index in [-0.39, 0.29) is 5.56 Å². The molecule has 0 saturated carbocycles. The third-order valence-corrected chi connectivity index (χ3v) is 2.73. The number of ether oxygens (including phenoxy) is 1. The van der Waals surface area contributed by atoms with Gasteiger partial charge < -0.3 is 9.84 Å². The molecule has 2 aromatic carbocycles. The summed E-state index contributed by atoms with van der Waals surface area (Å²) in [6, 6.07) is 11.0. The average Bonchev–Trinajstić information content (AvgIpc) is 2.33. The van der Waals surface area contributed by atoms with E-state index >= 15 is 0 Å². The van der Waals surface area contributed by atoms with Gasteiger partial charge in [-0.3, -0.25) is 0 Å². The summed E-state index contributed by atoms with van der Waals surface area (Å²) in [6.45, 7) is 0. The van der Waals surface area contributed by atoms with Gasteiger partial charge in [-0.15, -0.1) is 0 Å². The lowest BCUT2D eigenvalue weighted by atomic mass is 10.2. The SMILES string of the molecule is O=C(O)c1cccc(Oc2ccc(Cl)cc2Cl)c1. The molecule has 2 aromatic rings. The maximum absolute atomic E-state index is 10.8. The summed E-state index contributed by atoms with van der Waals surface area (Å²) >= 11 is 11.7. The normalized spacial score (nSPS) is 10.1. The molecule has 0 atom stereocenters. The van der Waals surface area contributed by atoms with Crippen LogP contribution in [0.5, 0.6) is 11.5 Å². The maximum Gasteiger partial charge on any atom is 0.335 e. The Labute approximate surface area is 114 Å². The van der Waals surface area contributed by atoms with E-state index in [1.54, 1.807) is 30.3 Å². The average molecular weight is 283 g/mol. The molecule has 0 bridgehead atoms.